The van der Waals surface area contributed by atoms with Gasteiger partial charge in [0.15, 0.2) is 0 Å². The van der Waals surface area contributed by atoms with Crippen LogP contribution >= 0.6 is 11.8 Å². The summed E-state index contributed by atoms with van der Waals surface area (Å²) in [5.74, 6) is -0.464. The summed E-state index contributed by atoms with van der Waals surface area (Å²) in [6.45, 7) is 4.36. The van der Waals surface area contributed by atoms with Crippen molar-refractivity contribution in [2.45, 2.75) is 20.4 Å². The molecule has 3 rings (SSSR count). The van der Waals surface area contributed by atoms with Crippen LogP contribution in [0.2, 0.25) is 0 Å². The number of benzene rings is 3. The number of carbonyl (C=O) groups is 3. The van der Waals surface area contributed by atoms with Crippen LogP contribution in [0, 0.1) is 13.8 Å². The molecule has 0 fully saturated rings. The number of hydrogen-bond donors (Lipinski definition) is 3. The highest BCUT2D eigenvalue weighted by Gasteiger charge is 2.13. The number of anilines is 2. The standard InChI is InChI=1S/C26H27N3O3S/c1-18-10-12-20(13-11-18)15-27-26(32)22-8-3-4-9-23(22)29-25(31)17-33-16-24(30)28-21-7-5-6-19(2)14-21/h3-14H,15-17H2,1-2H3,(H,27,32)(H,28,30)(H,29,31). The highest BCUT2D eigenvalue weighted by molar-refractivity contribution is 8.00. The van der Waals surface area contributed by atoms with Gasteiger partial charge in [-0.2, -0.15) is 0 Å². The Morgan fingerprint density at radius 2 is 1.45 bits per heavy atom. The molecule has 0 aliphatic carbocycles. The Morgan fingerprint density at radius 3 is 2.18 bits per heavy atom. The molecular formula is C26H27N3O3S. The summed E-state index contributed by atoms with van der Waals surface area (Å²) < 4.78 is 0. The third-order valence-electron chi connectivity index (χ3n) is 4.79. The van der Waals surface area contributed by atoms with Gasteiger partial charge in [0.2, 0.25) is 11.8 Å². The molecule has 3 N–H and O–H groups in total. The summed E-state index contributed by atoms with van der Waals surface area (Å²) in [6, 6.07) is 22.3. The molecule has 6 nitrogen and oxygen atoms in total. The minimum absolute atomic E-state index is 0.0978. The van der Waals surface area contributed by atoms with Crippen molar-refractivity contribution in [3.8, 4) is 0 Å². The van der Waals surface area contributed by atoms with Crippen molar-refractivity contribution < 1.29 is 14.4 Å². The second-order valence-electron chi connectivity index (χ2n) is 7.67. The van der Waals surface area contributed by atoms with E-state index in [1.807, 2.05) is 62.4 Å². The number of hydrogen-bond acceptors (Lipinski definition) is 4. The summed E-state index contributed by atoms with van der Waals surface area (Å²) in [5, 5.41) is 8.48. The molecular weight excluding hydrogens is 434 g/mol. The van der Waals surface area contributed by atoms with Crippen molar-refractivity contribution >= 4 is 40.9 Å². The average Bonchev–Trinajstić information content (AvgIpc) is 2.79. The number of para-hydroxylation sites is 1. The maximum absolute atomic E-state index is 12.7. The molecule has 0 spiro atoms. The fourth-order valence-corrected chi connectivity index (χ4v) is 3.73. The molecule has 0 aliphatic rings. The third-order valence-corrected chi connectivity index (χ3v) is 5.72. The van der Waals surface area contributed by atoms with E-state index in [4.69, 9.17) is 0 Å². The zero-order valence-corrected chi connectivity index (χ0v) is 19.5. The maximum Gasteiger partial charge on any atom is 0.253 e. The van der Waals surface area contributed by atoms with Gasteiger partial charge >= 0.3 is 0 Å². The van der Waals surface area contributed by atoms with Crippen molar-refractivity contribution in [2.75, 3.05) is 22.1 Å². The Morgan fingerprint density at radius 1 is 0.758 bits per heavy atom. The lowest BCUT2D eigenvalue weighted by Gasteiger charge is -2.12. The molecule has 0 bridgehead atoms. The van der Waals surface area contributed by atoms with Crippen LogP contribution in [0.4, 0.5) is 11.4 Å². The van der Waals surface area contributed by atoms with Gasteiger partial charge in [-0.1, -0.05) is 54.1 Å². The number of thioether (sulfide) groups is 1. The van der Waals surface area contributed by atoms with E-state index in [-0.39, 0.29) is 29.2 Å². The molecule has 0 saturated heterocycles. The largest absolute Gasteiger partial charge is 0.348 e. The van der Waals surface area contributed by atoms with Crippen LogP contribution in [-0.4, -0.2) is 29.2 Å². The molecule has 0 radical (unpaired) electrons. The Bertz CT molecular complexity index is 1130. The number of aryl methyl sites for hydroxylation is 2. The van der Waals surface area contributed by atoms with Crippen molar-refractivity contribution in [2.24, 2.45) is 0 Å². The smallest absolute Gasteiger partial charge is 0.253 e. The van der Waals surface area contributed by atoms with Crippen LogP contribution in [0.15, 0.2) is 72.8 Å². The molecule has 33 heavy (non-hydrogen) atoms. The number of amides is 3. The molecule has 0 atom stereocenters. The molecule has 7 heteroatoms. The highest BCUT2D eigenvalue weighted by atomic mass is 32.2. The quantitative estimate of drug-likeness (QED) is 0.436. The van der Waals surface area contributed by atoms with E-state index in [1.165, 1.54) is 11.8 Å². The monoisotopic (exact) mass is 461 g/mol. The van der Waals surface area contributed by atoms with Crippen LogP contribution in [0.5, 0.6) is 0 Å². The predicted octanol–water partition coefficient (Wildman–Crippen LogP) is 4.54. The SMILES string of the molecule is Cc1ccc(CNC(=O)c2ccccc2NC(=O)CSCC(=O)Nc2cccc(C)c2)cc1. The number of rotatable bonds is 9. The van der Waals surface area contributed by atoms with E-state index in [9.17, 15) is 14.4 Å². The van der Waals surface area contributed by atoms with E-state index in [0.717, 1.165) is 22.4 Å². The van der Waals surface area contributed by atoms with Gasteiger partial charge in [-0.3, -0.25) is 14.4 Å². The lowest BCUT2D eigenvalue weighted by molar-refractivity contribution is -0.114. The normalized spacial score (nSPS) is 10.4. The minimum atomic E-state index is -0.276. The van der Waals surface area contributed by atoms with Crippen molar-refractivity contribution in [3.05, 3.63) is 95.1 Å². The molecule has 0 aliphatic heterocycles. The van der Waals surface area contributed by atoms with Crippen LogP contribution in [0.1, 0.15) is 27.0 Å². The third kappa shape index (κ3) is 7.80. The van der Waals surface area contributed by atoms with Crippen LogP contribution in [-0.2, 0) is 16.1 Å². The summed E-state index contributed by atoms with van der Waals surface area (Å²) >= 11 is 1.21. The molecule has 0 aromatic heterocycles. The molecule has 3 aromatic carbocycles. The van der Waals surface area contributed by atoms with E-state index in [2.05, 4.69) is 16.0 Å². The Balaban J connectivity index is 1.48. The van der Waals surface area contributed by atoms with Gasteiger partial charge in [-0.15, -0.1) is 11.8 Å². The second-order valence-corrected chi connectivity index (χ2v) is 8.66. The molecule has 0 saturated carbocycles. The van der Waals surface area contributed by atoms with Gasteiger partial charge in [0, 0.05) is 12.2 Å². The Hall–Kier alpha value is -3.58. The van der Waals surface area contributed by atoms with Crippen molar-refractivity contribution in [3.63, 3.8) is 0 Å². The molecule has 0 heterocycles. The first-order valence-electron chi connectivity index (χ1n) is 10.6. The fourth-order valence-electron chi connectivity index (χ4n) is 3.12. The molecule has 3 aromatic rings. The van der Waals surface area contributed by atoms with Crippen molar-refractivity contribution in [1.29, 1.82) is 0 Å². The topological polar surface area (TPSA) is 87.3 Å². The lowest BCUT2D eigenvalue weighted by atomic mass is 10.1. The number of nitrogens with one attached hydrogen (secondary N) is 3. The van der Waals surface area contributed by atoms with Gasteiger partial charge in [-0.05, 0) is 49.2 Å². The average molecular weight is 462 g/mol. The zero-order chi connectivity index (χ0) is 23.6. The van der Waals surface area contributed by atoms with Gasteiger partial charge in [-0.25, -0.2) is 0 Å². The van der Waals surface area contributed by atoms with Crippen LogP contribution in [0.3, 0.4) is 0 Å². The van der Waals surface area contributed by atoms with Crippen LogP contribution < -0.4 is 16.0 Å². The second kappa shape index (κ2) is 11.9. The van der Waals surface area contributed by atoms with E-state index >= 15 is 0 Å². The summed E-state index contributed by atoms with van der Waals surface area (Å²) in [6.07, 6.45) is 0. The fraction of sp³-hybridized carbons (Fsp3) is 0.192. The first-order chi connectivity index (χ1) is 15.9. The first-order valence-corrected chi connectivity index (χ1v) is 11.7. The molecule has 0 unspecified atom stereocenters. The predicted molar refractivity (Wildman–Crippen MR) is 135 cm³/mol. The summed E-state index contributed by atoms with van der Waals surface area (Å²) in [4.78, 5) is 37.2. The van der Waals surface area contributed by atoms with E-state index in [1.54, 1.807) is 24.3 Å². The maximum atomic E-state index is 12.7. The van der Waals surface area contributed by atoms with Crippen molar-refractivity contribution in [1.82, 2.24) is 5.32 Å². The minimum Gasteiger partial charge on any atom is -0.348 e. The van der Waals surface area contributed by atoms with Gasteiger partial charge < -0.3 is 16.0 Å². The first kappa shape index (κ1) is 24.1. The molecule has 170 valence electrons. The Labute approximate surface area is 198 Å². The summed E-state index contributed by atoms with van der Waals surface area (Å²) in [5.41, 5.74) is 4.77. The van der Waals surface area contributed by atoms with Crippen LogP contribution in [0.25, 0.3) is 0 Å². The van der Waals surface area contributed by atoms with Gasteiger partial charge in [0.25, 0.3) is 5.91 Å². The van der Waals surface area contributed by atoms with E-state index in [0.29, 0.717) is 17.8 Å². The lowest BCUT2D eigenvalue weighted by Crippen LogP contribution is -2.25. The van der Waals surface area contributed by atoms with Gasteiger partial charge in [0.05, 0.1) is 22.8 Å². The zero-order valence-electron chi connectivity index (χ0n) is 18.7. The number of carbonyl (C=O) groups excluding carboxylic acids is 3. The molecule has 3 amide bonds. The highest BCUT2D eigenvalue weighted by Crippen LogP contribution is 2.16. The summed E-state index contributed by atoms with van der Waals surface area (Å²) in [7, 11) is 0. The van der Waals surface area contributed by atoms with Gasteiger partial charge in [0.1, 0.15) is 0 Å². The Kier molecular flexibility index (Phi) is 8.66. The van der Waals surface area contributed by atoms with E-state index < -0.39 is 0 Å².